The van der Waals surface area contributed by atoms with Crippen LogP contribution in [0.3, 0.4) is 0 Å². The second-order valence-electron chi connectivity index (χ2n) is 6.92. The number of hydrogen-bond donors (Lipinski definition) is 0. The average molecular weight is 226 g/mol. The first-order chi connectivity index (χ1) is 7.29. The largest absolute Gasteiger partial charge is 0.304 e. The van der Waals surface area contributed by atoms with Crippen LogP contribution in [0, 0.1) is 11.3 Å². The normalized spacial score (nSPS) is 22.7. The fourth-order valence-electron chi connectivity index (χ4n) is 2.57. The number of likely N-dealkylation sites (N-methyl/N-ethyl adjacent to an activating group) is 1. The Morgan fingerprint density at radius 1 is 1.00 bits per heavy atom. The van der Waals surface area contributed by atoms with E-state index in [9.17, 15) is 0 Å². The van der Waals surface area contributed by atoms with Gasteiger partial charge >= 0.3 is 0 Å². The Morgan fingerprint density at radius 3 is 1.88 bits per heavy atom. The van der Waals surface area contributed by atoms with Crippen molar-refractivity contribution in [3.8, 4) is 0 Å². The third-order valence-electron chi connectivity index (χ3n) is 3.60. The molecule has 1 aliphatic rings. The van der Waals surface area contributed by atoms with Gasteiger partial charge in [-0.05, 0) is 24.8 Å². The molecule has 0 spiro atoms. The highest BCUT2D eigenvalue weighted by molar-refractivity contribution is 4.83. The quantitative estimate of drug-likeness (QED) is 0.730. The molecule has 0 N–H and O–H groups in total. The SMILES string of the molecule is CC(C)C(CC(C)(C)C)N1CCN(C)CC1. The second kappa shape index (κ2) is 5.50. The summed E-state index contributed by atoms with van der Waals surface area (Å²) in [4.78, 5) is 5.14. The van der Waals surface area contributed by atoms with Crippen molar-refractivity contribution in [1.82, 2.24) is 9.80 Å². The van der Waals surface area contributed by atoms with Gasteiger partial charge in [0.25, 0.3) is 0 Å². The van der Waals surface area contributed by atoms with Crippen LogP contribution >= 0.6 is 0 Å². The fraction of sp³-hybridized carbons (Fsp3) is 1.00. The maximum Gasteiger partial charge on any atom is 0.0124 e. The Labute approximate surface area is 102 Å². The first-order valence-electron chi connectivity index (χ1n) is 6.72. The van der Waals surface area contributed by atoms with Crippen LogP contribution in [-0.2, 0) is 0 Å². The van der Waals surface area contributed by atoms with Crippen LogP contribution in [0.1, 0.15) is 41.0 Å². The van der Waals surface area contributed by atoms with E-state index < -0.39 is 0 Å². The molecule has 2 heteroatoms. The molecule has 16 heavy (non-hydrogen) atoms. The van der Waals surface area contributed by atoms with Crippen molar-refractivity contribution in [2.45, 2.75) is 47.1 Å². The van der Waals surface area contributed by atoms with Crippen molar-refractivity contribution in [2.75, 3.05) is 33.2 Å². The van der Waals surface area contributed by atoms with Crippen molar-refractivity contribution in [2.24, 2.45) is 11.3 Å². The molecule has 1 rings (SSSR count). The molecule has 1 unspecified atom stereocenters. The molecule has 1 atom stereocenters. The van der Waals surface area contributed by atoms with E-state index in [4.69, 9.17) is 0 Å². The third kappa shape index (κ3) is 4.42. The van der Waals surface area contributed by atoms with E-state index in [-0.39, 0.29) is 0 Å². The summed E-state index contributed by atoms with van der Waals surface area (Å²) < 4.78 is 0. The Hall–Kier alpha value is -0.0800. The number of piperazine rings is 1. The zero-order chi connectivity index (χ0) is 12.3. The molecule has 1 aliphatic heterocycles. The van der Waals surface area contributed by atoms with Crippen molar-refractivity contribution in [3.05, 3.63) is 0 Å². The summed E-state index contributed by atoms with van der Waals surface area (Å²) in [5.74, 6) is 0.766. The lowest BCUT2D eigenvalue weighted by molar-refractivity contribution is 0.0644. The van der Waals surface area contributed by atoms with Crippen LogP contribution in [0.4, 0.5) is 0 Å². The maximum absolute atomic E-state index is 2.70. The number of hydrogen-bond acceptors (Lipinski definition) is 2. The summed E-state index contributed by atoms with van der Waals surface area (Å²) >= 11 is 0. The second-order valence-corrected chi connectivity index (χ2v) is 6.92. The smallest absolute Gasteiger partial charge is 0.0124 e. The lowest BCUT2D eigenvalue weighted by Gasteiger charge is -2.42. The minimum absolute atomic E-state index is 0.443. The molecule has 96 valence electrons. The molecule has 1 saturated heterocycles. The van der Waals surface area contributed by atoms with E-state index in [1.165, 1.54) is 32.6 Å². The summed E-state index contributed by atoms with van der Waals surface area (Å²) in [5.41, 5.74) is 0.443. The molecule has 0 aromatic heterocycles. The van der Waals surface area contributed by atoms with Crippen LogP contribution < -0.4 is 0 Å². The van der Waals surface area contributed by atoms with E-state index in [0.29, 0.717) is 5.41 Å². The molecule has 0 amide bonds. The highest BCUT2D eigenvalue weighted by Crippen LogP contribution is 2.28. The molecule has 0 aliphatic carbocycles. The van der Waals surface area contributed by atoms with Gasteiger partial charge in [-0.25, -0.2) is 0 Å². The lowest BCUT2D eigenvalue weighted by atomic mass is 9.83. The van der Waals surface area contributed by atoms with Crippen molar-refractivity contribution in [1.29, 1.82) is 0 Å². The fourth-order valence-corrected chi connectivity index (χ4v) is 2.57. The molecule has 0 radical (unpaired) electrons. The molecular formula is C14H30N2. The minimum atomic E-state index is 0.443. The predicted octanol–water partition coefficient (Wildman–Crippen LogP) is 2.69. The highest BCUT2D eigenvalue weighted by Gasteiger charge is 2.28. The van der Waals surface area contributed by atoms with Gasteiger partial charge in [0.05, 0.1) is 0 Å². The summed E-state index contributed by atoms with van der Waals surface area (Å²) in [5, 5.41) is 0. The number of nitrogens with zero attached hydrogens (tertiary/aromatic N) is 2. The molecular weight excluding hydrogens is 196 g/mol. The van der Waals surface area contributed by atoms with Gasteiger partial charge in [-0.2, -0.15) is 0 Å². The van der Waals surface area contributed by atoms with Crippen molar-refractivity contribution in [3.63, 3.8) is 0 Å². The van der Waals surface area contributed by atoms with Crippen LogP contribution in [0.2, 0.25) is 0 Å². The molecule has 0 bridgehead atoms. The topological polar surface area (TPSA) is 6.48 Å². The predicted molar refractivity (Wildman–Crippen MR) is 71.8 cm³/mol. The molecule has 0 saturated carbocycles. The Bertz CT molecular complexity index is 197. The highest BCUT2D eigenvalue weighted by atomic mass is 15.3. The Balaban J connectivity index is 2.56. The van der Waals surface area contributed by atoms with Gasteiger partial charge in [0, 0.05) is 32.2 Å². The van der Waals surface area contributed by atoms with Gasteiger partial charge in [0.2, 0.25) is 0 Å². The van der Waals surface area contributed by atoms with E-state index in [2.05, 4.69) is 51.5 Å². The van der Waals surface area contributed by atoms with Gasteiger partial charge < -0.3 is 4.90 Å². The van der Waals surface area contributed by atoms with Crippen molar-refractivity contribution >= 4 is 0 Å². The third-order valence-corrected chi connectivity index (χ3v) is 3.60. The van der Waals surface area contributed by atoms with Gasteiger partial charge in [-0.3, -0.25) is 4.90 Å². The molecule has 0 aromatic rings. The maximum atomic E-state index is 2.70. The Morgan fingerprint density at radius 2 is 1.50 bits per heavy atom. The summed E-state index contributed by atoms with van der Waals surface area (Å²) in [6.07, 6.45) is 1.31. The first kappa shape index (κ1) is 14.0. The molecule has 1 heterocycles. The van der Waals surface area contributed by atoms with Gasteiger partial charge in [-0.15, -0.1) is 0 Å². The van der Waals surface area contributed by atoms with Crippen LogP contribution in [0.25, 0.3) is 0 Å². The van der Waals surface area contributed by atoms with Crippen LogP contribution in [-0.4, -0.2) is 49.1 Å². The molecule has 1 fully saturated rings. The van der Waals surface area contributed by atoms with Gasteiger partial charge in [-0.1, -0.05) is 34.6 Å². The summed E-state index contributed by atoms with van der Waals surface area (Å²) in [7, 11) is 2.23. The van der Waals surface area contributed by atoms with Crippen LogP contribution in [0.15, 0.2) is 0 Å². The monoisotopic (exact) mass is 226 g/mol. The summed E-state index contributed by atoms with van der Waals surface area (Å²) in [6.45, 7) is 16.8. The average Bonchev–Trinajstić information content (AvgIpc) is 2.14. The zero-order valence-corrected chi connectivity index (χ0v) is 12.1. The first-order valence-corrected chi connectivity index (χ1v) is 6.72. The van der Waals surface area contributed by atoms with Crippen LogP contribution in [0.5, 0.6) is 0 Å². The summed E-state index contributed by atoms with van der Waals surface area (Å²) in [6, 6.07) is 0.758. The van der Waals surface area contributed by atoms with Gasteiger partial charge in [0.1, 0.15) is 0 Å². The van der Waals surface area contributed by atoms with E-state index in [1.807, 2.05) is 0 Å². The van der Waals surface area contributed by atoms with E-state index in [0.717, 1.165) is 12.0 Å². The van der Waals surface area contributed by atoms with E-state index in [1.54, 1.807) is 0 Å². The Kier molecular flexibility index (Phi) is 4.81. The lowest BCUT2D eigenvalue weighted by Crippen LogP contribution is -2.51. The zero-order valence-electron chi connectivity index (χ0n) is 12.1. The molecule has 0 aromatic carbocycles. The molecule has 2 nitrogen and oxygen atoms in total. The number of rotatable bonds is 3. The van der Waals surface area contributed by atoms with Gasteiger partial charge in [0.15, 0.2) is 0 Å². The standard InChI is InChI=1S/C14H30N2/c1-12(2)13(11-14(3,4)5)16-9-7-15(6)8-10-16/h12-13H,7-11H2,1-6H3. The van der Waals surface area contributed by atoms with Crippen molar-refractivity contribution < 1.29 is 0 Å². The van der Waals surface area contributed by atoms with E-state index >= 15 is 0 Å². The minimum Gasteiger partial charge on any atom is -0.304 e.